The van der Waals surface area contributed by atoms with E-state index in [2.05, 4.69) is 15.9 Å². The second-order valence-corrected chi connectivity index (χ2v) is 7.67. The first-order valence-corrected chi connectivity index (χ1v) is 9.67. The fraction of sp³-hybridized carbons (Fsp3) is 0.143. The number of hydrogen-bond donors (Lipinski definition) is 2. The van der Waals surface area contributed by atoms with Crippen molar-refractivity contribution in [3.63, 3.8) is 0 Å². The van der Waals surface area contributed by atoms with Crippen LogP contribution in [-0.4, -0.2) is 21.8 Å². The van der Waals surface area contributed by atoms with Crippen LogP contribution in [0, 0.1) is 10.1 Å². The number of Topliss-reactive ketones (excluding diaryl/α,β-unsaturated/α-hetero) is 1. The van der Waals surface area contributed by atoms with E-state index in [0.29, 0.717) is 16.9 Å². The van der Waals surface area contributed by atoms with E-state index in [0.717, 1.165) is 4.47 Å². The number of halogens is 1. The molecule has 0 saturated carbocycles. The Hall–Kier alpha value is -3.46. The third kappa shape index (κ3) is 3.71. The van der Waals surface area contributed by atoms with Crippen LogP contribution >= 0.6 is 15.9 Å². The molecule has 0 bridgehead atoms. The van der Waals surface area contributed by atoms with E-state index in [1.54, 1.807) is 37.3 Å². The van der Waals surface area contributed by atoms with Gasteiger partial charge in [0.2, 0.25) is 0 Å². The summed E-state index contributed by atoms with van der Waals surface area (Å²) in [6, 6.07) is 12.6. The van der Waals surface area contributed by atoms with Gasteiger partial charge in [0.15, 0.2) is 5.78 Å². The zero-order valence-corrected chi connectivity index (χ0v) is 17.7. The van der Waals surface area contributed by atoms with Crippen molar-refractivity contribution in [3.05, 3.63) is 91.3 Å². The van der Waals surface area contributed by atoms with Gasteiger partial charge in [-0.2, -0.15) is 0 Å². The summed E-state index contributed by atoms with van der Waals surface area (Å²) >= 11 is 3.34. The second-order valence-electron chi connectivity index (χ2n) is 6.76. The highest BCUT2D eigenvalue weighted by Gasteiger charge is 2.39. The van der Waals surface area contributed by atoms with Gasteiger partial charge in [-0.15, -0.1) is 0 Å². The van der Waals surface area contributed by atoms with E-state index >= 15 is 0 Å². The van der Waals surface area contributed by atoms with Crippen LogP contribution in [-0.2, 0) is 9.59 Å². The highest BCUT2D eigenvalue weighted by molar-refractivity contribution is 9.10. The molecule has 0 spiro atoms. The Bertz CT molecular complexity index is 1080. The van der Waals surface area contributed by atoms with E-state index in [-0.39, 0.29) is 28.4 Å². The van der Waals surface area contributed by atoms with Crippen molar-refractivity contribution in [2.45, 2.75) is 19.8 Å². The number of nitro benzene ring substituents is 1. The standard InChI is InChI=1S/C21H18BrN3O5/c1-11-17(12(2)26)18(13-6-8-14(22)9-7-13)19(21(27)28)20(23)24(11)15-4-3-5-16(10-15)25(29)30/h3-10,18H,23H2,1-2H3,(H,27,28). The molecule has 2 aromatic carbocycles. The number of non-ortho nitro benzene ring substituents is 1. The molecule has 2 aromatic rings. The fourth-order valence-corrected chi connectivity index (χ4v) is 3.95. The zero-order chi connectivity index (χ0) is 22.2. The second kappa shape index (κ2) is 8.11. The van der Waals surface area contributed by atoms with Gasteiger partial charge in [0.05, 0.1) is 22.1 Å². The molecule has 3 N–H and O–H groups in total. The maximum absolute atomic E-state index is 12.6. The zero-order valence-electron chi connectivity index (χ0n) is 16.1. The third-order valence-corrected chi connectivity index (χ3v) is 5.46. The van der Waals surface area contributed by atoms with Gasteiger partial charge in [-0.05, 0) is 37.6 Å². The number of carbonyl (C=O) groups is 2. The summed E-state index contributed by atoms with van der Waals surface area (Å²) in [5.41, 5.74) is 7.52. The number of ketones is 1. The topological polar surface area (TPSA) is 127 Å². The number of hydrogen-bond acceptors (Lipinski definition) is 6. The van der Waals surface area contributed by atoms with Crippen LogP contribution in [0.1, 0.15) is 25.3 Å². The Kier molecular flexibility index (Phi) is 5.75. The first-order valence-electron chi connectivity index (χ1n) is 8.88. The van der Waals surface area contributed by atoms with Crippen LogP contribution in [0.15, 0.2) is 75.7 Å². The molecule has 0 saturated heterocycles. The van der Waals surface area contributed by atoms with E-state index < -0.39 is 16.8 Å². The van der Waals surface area contributed by atoms with Gasteiger partial charge < -0.3 is 10.8 Å². The highest BCUT2D eigenvalue weighted by Crippen LogP contribution is 2.43. The molecule has 3 rings (SSSR count). The van der Waals surface area contributed by atoms with Crippen LogP contribution in [0.4, 0.5) is 11.4 Å². The van der Waals surface area contributed by atoms with Crippen LogP contribution in [0.3, 0.4) is 0 Å². The molecule has 1 unspecified atom stereocenters. The number of nitrogens with two attached hydrogens (primary N) is 1. The molecule has 0 radical (unpaired) electrons. The normalized spacial score (nSPS) is 16.6. The molecule has 1 atom stereocenters. The van der Waals surface area contributed by atoms with Crippen molar-refractivity contribution in [2.75, 3.05) is 4.90 Å². The molecule has 1 aliphatic rings. The molecule has 1 aliphatic heterocycles. The maximum atomic E-state index is 12.6. The lowest BCUT2D eigenvalue weighted by atomic mass is 9.79. The van der Waals surface area contributed by atoms with Crippen molar-refractivity contribution in [1.82, 2.24) is 0 Å². The van der Waals surface area contributed by atoms with Gasteiger partial charge >= 0.3 is 5.97 Å². The van der Waals surface area contributed by atoms with Crippen molar-refractivity contribution < 1.29 is 19.6 Å². The minimum Gasteiger partial charge on any atom is -0.478 e. The van der Waals surface area contributed by atoms with E-state index in [1.165, 1.54) is 30.0 Å². The predicted molar refractivity (Wildman–Crippen MR) is 115 cm³/mol. The molecule has 30 heavy (non-hydrogen) atoms. The number of nitrogens with zero attached hydrogens (tertiary/aromatic N) is 2. The quantitative estimate of drug-likeness (QED) is 0.496. The number of rotatable bonds is 5. The summed E-state index contributed by atoms with van der Waals surface area (Å²) in [6.45, 7) is 3.00. The van der Waals surface area contributed by atoms with Gasteiger partial charge in [-0.25, -0.2) is 4.79 Å². The number of benzene rings is 2. The minimum atomic E-state index is -1.28. The average molecular weight is 472 g/mol. The van der Waals surface area contributed by atoms with E-state index in [9.17, 15) is 24.8 Å². The van der Waals surface area contributed by atoms with Gasteiger partial charge in [0, 0.05) is 27.9 Å². The number of allylic oxidation sites excluding steroid dienone is 2. The number of anilines is 1. The van der Waals surface area contributed by atoms with Gasteiger partial charge in [-0.3, -0.25) is 19.8 Å². The Morgan fingerprint density at radius 1 is 1.17 bits per heavy atom. The minimum absolute atomic E-state index is 0.0987. The summed E-state index contributed by atoms with van der Waals surface area (Å²) in [5, 5.41) is 21.2. The molecule has 0 fully saturated rings. The number of carboxylic acids is 1. The lowest BCUT2D eigenvalue weighted by Gasteiger charge is -2.37. The Morgan fingerprint density at radius 2 is 1.80 bits per heavy atom. The Morgan fingerprint density at radius 3 is 2.33 bits per heavy atom. The summed E-state index contributed by atoms with van der Waals surface area (Å²) in [6.07, 6.45) is 0. The van der Waals surface area contributed by atoms with Crippen LogP contribution in [0.5, 0.6) is 0 Å². The Labute approximate surface area is 180 Å². The SMILES string of the molecule is CC(=O)C1=C(C)N(c2cccc([N+](=O)[O-])c2)C(N)=C(C(=O)O)C1c1ccc(Br)cc1. The van der Waals surface area contributed by atoms with Crippen LogP contribution in [0.25, 0.3) is 0 Å². The molecule has 8 nitrogen and oxygen atoms in total. The summed E-state index contributed by atoms with van der Waals surface area (Å²) in [4.78, 5) is 36.9. The molecular formula is C21H18BrN3O5. The number of aliphatic carboxylic acids is 1. The molecular weight excluding hydrogens is 454 g/mol. The number of carboxylic acid groups (broad SMARTS) is 1. The largest absolute Gasteiger partial charge is 0.478 e. The predicted octanol–water partition coefficient (Wildman–Crippen LogP) is 4.08. The summed E-state index contributed by atoms with van der Waals surface area (Å²) < 4.78 is 0.805. The van der Waals surface area contributed by atoms with Gasteiger partial charge in [0.1, 0.15) is 5.82 Å². The first kappa shape index (κ1) is 21.3. The molecule has 1 heterocycles. The third-order valence-electron chi connectivity index (χ3n) is 4.93. The van der Waals surface area contributed by atoms with E-state index in [1.807, 2.05) is 0 Å². The molecule has 0 amide bonds. The number of carbonyl (C=O) groups excluding carboxylic acids is 1. The van der Waals surface area contributed by atoms with E-state index in [4.69, 9.17) is 5.73 Å². The van der Waals surface area contributed by atoms with Crippen molar-refractivity contribution in [2.24, 2.45) is 5.73 Å². The smallest absolute Gasteiger partial charge is 0.336 e. The fourth-order valence-electron chi connectivity index (χ4n) is 3.68. The van der Waals surface area contributed by atoms with Crippen molar-refractivity contribution >= 4 is 39.1 Å². The summed E-state index contributed by atoms with van der Waals surface area (Å²) in [7, 11) is 0. The summed E-state index contributed by atoms with van der Waals surface area (Å²) in [5.74, 6) is -2.56. The van der Waals surface area contributed by atoms with Crippen molar-refractivity contribution in [3.8, 4) is 0 Å². The van der Waals surface area contributed by atoms with Gasteiger partial charge in [-0.1, -0.05) is 34.1 Å². The molecule has 154 valence electrons. The lowest BCUT2D eigenvalue weighted by molar-refractivity contribution is -0.384. The molecule has 0 aliphatic carbocycles. The molecule has 0 aromatic heterocycles. The molecule has 9 heteroatoms. The lowest BCUT2D eigenvalue weighted by Crippen LogP contribution is -2.38. The van der Waals surface area contributed by atoms with Crippen LogP contribution in [0.2, 0.25) is 0 Å². The Balaban J connectivity index is 2.30. The number of nitro groups is 1. The van der Waals surface area contributed by atoms with Crippen LogP contribution < -0.4 is 10.6 Å². The highest BCUT2D eigenvalue weighted by atomic mass is 79.9. The van der Waals surface area contributed by atoms with Crippen molar-refractivity contribution in [1.29, 1.82) is 0 Å². The average Bonchev–Trinajstić information content (AvgIpc) is 2.67. The first-order chi connectivity index (χ1) is 14.1. The maximum Gasteiger partial charge on any atom is 0.336 e. The monoisotopic (exact) mass is 471 g/mol. The van der Waals surface area contributed by atoms with Gasteiger partial charge in [0.25, 0.3) is 5.69 Å².